The van der Waals surface area contributed by atoms with Crippen LogP contribution in [0.5, 0.6) is 0 Å². The number of aromatic amines is 1. The van der Waals surface area contributed by atoms with E-state index in [4.69, 9.17) is 0 Å². The Bertz CT molecular complexity index is 578. The van der Waals surface area contributed by atoms with Gasteiger partial charge in [-0.05, 0) is 17.7 Å². The average Bonchev–Trinajstić information content (AvgIpc) is 2.37. The van der Waals surface area contributed by atoms with Crippen LogP contribution >= 0.6 is 15.9 Å². The number of nitrogens with one attached hydrogen (secondary N) is 2. The lowest BCUT2D eigenvalue weighted by atomic mass is 10.2. The topological polar surface area (TPSA) is 57.8 Å². The second-order valence-corrected chi connectivity index (χ2v) is 4.83. The number of H-pyrrole nitrogens is 1. The lowest BCUT2D eigenvalue weighted by Crippen LogP contribution is -2.13. The van der Waals surface area contributed by atoms with E-state index in [1.54, 1.807) is 0 Å². The molecule has 0 aliphatic heterocycles. The smallest absolute Gasteiger partial charge is 0.252 e. The van der Waals surface area contributed by atoms with Crippen molar-refractivity contribution in [3.05, 3.63) is 56.5 Å². The van der Waals surface area contributed by atoms with Gasteiger partial charge in [0.25, 0.3) is 5.56 Å². The summed E-state index contributed by atoms with van der Waals surface area (Å²) in [5.74, 6) is 1.30. The first-order valence-corrected chi connectivity index (χ1v) is 6.55. The van der Waals surface area contributed by atoms with Gasteiger partial charge in [-0.2, -0.15) is 0 Å². The Labute approximate surface area is 114 Å². The van der Waals surface area contributed by atoms with Gasteiger partial charge in [-0.15, -0.1) is 0 Å². The fourth-order valence-corrected chi connectivity index (χ4v) is 1.83. The number of nitrogens with zero attached hydrogens (tertiary/aromatic N) is 1. The zero-order valence-electron chi connectivity index (χ0n) is 10.0. The Morgan fingerprint density at radius 3 is 2.72 bits per heavy atom. The van der Waals surface area contributed by atoms with Gasteiger partial charge in [0.2, 0.25) is 0 Å². The van der Waals surface area contributed by atoms with Crippen molar-refractivity contribution < 1.29 is 0 Å². The highest BCUT2D eigenvalue weighted by atomic mass is 79.9. The molecule has 1 aromatic heterocycles. The highest BCUT2D eigenvalue weighted by Crippen LogP contribution is 2.11. The van der Waals surface area contributed by atoms with Crippen molar-refractivity contribution in [3.63, 3.8) is 0 Å². The maximum Gasteiger partial charge on any atom is 0.252 e. The zero-order valence-corrected chi connectivity index (χ0v) is 11.6. The summed E-state index contributed by atoms with van der Waals surface area (Å²) in [6, 6.07) is 9.48. The van der Waals surface area contributed by atoms with Crippen LogP contribution in [0, 0.1) is 0 Å². The van der Waals surface area contributed by atoms with E-state index in [0.717, 1.165) is 10.0 Å². The molecule has 0 spiro atoms. The number of aryl methyl sites for hydroxylation is 1. The predicted octanol–water partition coefficient (Wildman–Crippen LogP) is 2.71. The quantitative estimate of drug-likeness (QED) is 0.913. The van der Waals surface area contributed by atoms with E-state index in [2.05, 4.69) is 31.2 Å². The summed E-state index contributed by atoms with van der Waals surface area (Å²) in [6.45, 7) is 2.60. The number of anilines is 1. The third-order valence-electron chi connectivity index (χ3n) is 2.51. The molecule has 0 fully saturated rings. The molecule has 0 unspecified atom stereocenters. The molecule has 2 N–H and O–H groups in total. The molecule has 2 rings (SSSR count). The highest BCUT2D eigenvalue weighted by molar-refractivity contribution is 9.10. The Morgan fingerprint density at radius 1 is 1.33 bits per heavy atom. The van der Waals surface area contributed by atoms with Crippen LogP contribution in [0.25, 0.3) is 0 Å². The van der Waals surface area contributed by atoms with Crippen LogP contribution in [-0.2, 0) is 13.0 Å². The Morgan fingerprint density at radius 2 is 2.06 bits per heavy atom. The molecule has 1 aromatic carbocycles. The van der Waals surface area contributed by atoms with E-state index in [9.17, 15) is 4.79 Å². The molecule has 0 saturated heterocycles. The van der Waals surface area contributed by atoms with Crippen LogP contribution in [0.2, 0.25) is 0 Å². The largest absolute Gasteiger partial charge is 0.366 e. The van der Waals surface area contributed by atoms with Crippen molar-refractivity contribution in [1.29, 1.82) is 0 Å². The molecule has 0 bridgehead atoms. The molecule has 18 heavy (non-hydrogen) atoms. The molecule has 1 heterocycles. The summed E-state index contributed by atoms with van der Waals surface area (Å²) in [6.07, 6.45) is 0.711. The normalized spacial score (nSPS) is 10.3. The first-order chi connectivity index (χ1) is 8.67. The molecule has 94 valence electrons. The van der Waals surface area contributed by atoms with Gasteiger partial charge < -0.3 is 10.3 Å². The molecule has 0 saturated carbocycles. The van der Waals surface area contributed by atoms with Crippen LogP contribution in [0.15, 0.2) is 39.6 Å². The molecule has 0 aliphatic carbocycles. The van der Waals surface area contributed by atoms with Gasteiger partial charge in [0.15, 0.2) is 0 Å². The summed E-state index contributed by atoms with van der Waals surface area (Å²) >= 11 is 3.39. The van der Waals surface area contributed by atoms with E-state index in [1.807, 2.05) is 31.2 Å². The fraction of sp³-hybridized carbons (Fsp3) is 0.231. The zero-order chi connectivity index (χ0) is 13.0. The summed E-state index contributed by atoms with van der Waals surface area (Å²) in [4.78, 5) is 18.4. The Balaban J connectivity index is 2.08. The minimum Gasteiger partial charge on any atom is -0.366 e. The third-order valence-corrected chi connectivity index (χ3v) is 3.04. The van der Waals surface area contributed by atoms with E-state index in [0.29, 0.717) is 24.6 Å². The fourth-order valence-electron chi connectivity index (χ4n) is 1.56. The van der Waals surface area contributed by atoms with Gasteiger partial charge in [-0.3, -0.25) is 4.79 Å². The second kappa shape index (κ2) is 5.82. The summed E-state index contributed by atoms with van der Waals surface area (Å²) < 4.78 is 1.05. The third kappa shape index (κ3) is 3.43. The van der Waals surface area contributed by atoms with E-state index >= 15 is 0 Å². The van der Waals surface area contributed by atoms with Crippen LogP contribution in [-0.4, -0.2) is 9.97 Å². The molecule has 5 heteroatoms. The number of aromatic nitrogens is 2. The number of halogens is 1. The first-order valence-electron chi connectivity index (χ1n) is 5.76. The van der Waals surface area contributed by atoms with E-state index < -0.39 is 0 Å². The molecular weight excluding hydrogens is 294 g/mol. The van der Waals surface area contributed by atoms with Crippen LogP contribution in [0.4, 0.5) is 5.82 Å². The monoisotopic (exact) mass is 307 g/mol. The molecule has 0 amide bonds. The molecule has 2 aromatic rings. The van der Waals surface area contributed by atoms with Crippen molar-refractivity contribution in [1.82, 2.24) is 9.97 Å². The highest BCUT2D eigenvalue weighted by Gasteiger charge is 2.00. The second-order valence-electron chi connectivity index (χ2n) is 3.91. The maximum absolute atomic E-state index is 11.4. The van der Waals surface area contributed by atoms with Gasteiger partial charge in [0, 0.05) is 23.5 Å². The molecule has 0 atom stereocenters. The van der Waals surface area contributed by atoms with Gasteiger partial charge in [0.05, 0.1) is 0 Å². The van der Waals surface area contributed by atoms with Gasteiger partial charge >= 0.3 is 0 Å². The minimum atomic E-state index is -0.125. The summed E-state index contributed by atoms with van der Waals surface area (Å²) in [7, 11) is 0. The number of hydrogen-bond acceptors (Lipinski definition) is 3. The van der Waals surface area contributed by atoms with E-state index in [-0.39, 0.29) is 5.56 Å². The van der Waals surface area contributed by atoms with Gasteiger partial charge in [-0.1, -0.05) is 35.0 Å². The first kappa shape index (κ1) is 12.8. The Hall–Kier alpha value is -1.62. The SMILES string of the molecule is CCc1nc(NCc2ccc(Br)cc2)cc(=O)[nH]1. The van der Waals surface area contributed by atoms with Gasteiger partial charge in [-0.25, -0.2) is 4.98 Å². The van der Waals surface area contributed by atoms with Crippen LogP contribution in [0.1, 0.15) is 18.3 Å². The molecular formula is C13H14BrN3O. The number of hydrogen-bond donors (Lipinski definition) is 2. The summed E-state index contributed by atoms with van der Waals surface area (Å²) in [5, 5.41) is 3.15. The van der Waals surface area contributed by atoms with Crippen LogP contribution < -0.4 is 10.9 Å². The van der Waals surface area contributed by atoms with Crippen molar-refractivity contribution >= 4 is 21.7 Å². The lowest BCUT2D eigenvalue weighted by molar-refractivity contribution is 0.914. The van der Waals surface area contributed by atoms with Crippen molar-refractivity contribution in [3.8, 4) is 0 Å². The summed E-state index contributed by atoms with van der Waals surface area (Å²) in [5.41, 5.74) is 1.01. The Kier molecular flexibility index (Phi) is 4.15. The van der Waals surface area contributed by atoms with Crippen molar-refractivity contribution in [2.24, 2.45) is 0 Å². The minimum absolute atomic E-state index is 0.125. The van der Waals surface area contributed by atoms with E-state index in [1.165, 1.54) is 6.07 Å². The van der Waals surface area contributed by atoms with Gasteiger partial charge in [0.1, 0.15) is 11.6 Å². The van der Waals surface area contributed by atoms with Crippen molar-refractivity contribution in [2.75, 3.05) is 5.32 Å². The van der Waals surface area contributed by atoms with Crippen LogP contribution in [0.3, 0.4) is 0 Å². The van der Waals surface area contributed by atoms with Crippen molar-refractivity contribution in [2.45, 2.75) is 19.9 Å². The average molecular weight is 308 g/mol. The number of benzene rings is 1. The standard InChI is InChI=1S/C13H14BrN3O/c1-2-11-16-12(7-13(18)17-11)15-8-9-3-5-10(14)6-4-9/h3-7H,2,8H2,1H3,(H2,15,16,17,18). The lowest BCUT2D eigenvalue weighted by Gasteiger charge is -2.06. The molecule has 0 radical (unpaired) electrons. The molecule has 0 aliphatic rings. The number of rotatable bonds is 4. The maximum atomic E-state index is 11.4. The predicted molar refractivity (Wildman–Crippen MR) is 75.7 cm³/mol. The molecule has 4 nitrogen and oxygen atoms in total.